The van der Waals surface area contributed by atoms with Crippen LogP contribution in [0.3, 0.4) is 0 Å². The number of nitrogens with zero attached hydrogens (tertiary/aromatic N) is 2. The van der Waals surface area contributed by atoms with E-state index in [0.717, 1.165) is 6.26 Å². The number of hydrogen-bond donors (Lipinski definition) is 2. The molecule has 0 radical (unpaired) electrons. The Kier molecular flexibility index (Phi) is 5.78. The monoisotopic (exact) mass is 417 g/mol. The van der Waals surface area contributed by atoms with Crippen molar-refractivity contribution in [2.45, 2.75) is 25.8 Å². The second-order valence-corrected chi connectivity index (χ2v) is 8.46. The van der Waals surface area contributed by atoms with Gasteiger partial charge in [-0.15, -0.1) is 0 Å². The first-order valence-corrected chi connectivity index (χ1v) is 11.0. The molecule has 1 aliphatic heterocycles. The van der Waals surface area contributed by atoms with Crippen molar-refractivity contribution in [3.63, 3.8) is 0 Å². The Balaban J connectivity index is 1.99. The summed E-state index contributed by atoms with van der Waals surface area (Å²) in [5.74, 6) is 0.106. The maximum atomic E-state index is 12.5. The van der Waals surface area contributed by atoms with E-state index < -0.39 is 16.1 Å². The highest BCUT2D eigenvalue weighted by Crippen LogP contribution is 2.41. The maximum Gasteiger partial charge on any atom is 0.242 e. The lowest BCUT2D eigenvalue weighted by molar-refractivity contribution is -0.132. The number of para-hydroxylation sites is 1. The van der Waals surface area contributed by atoms with Crippen LogP contribution >= 0.6 is 0 Å². The number of phenolic OH excluding ortho intramolecular Hbond substituents is 1. The first-order chi connectivity index (χ1) is 13.7. The molecule has 1 aliphatic rings. The van der Waals surface area contributed by atoms with Crippen molar-refractivity contribution in [3.05, 3.63) is 53.6 Å². The number of carbonyl (C=O) groups is 1. The topological polar surface area (TPSA) is 108 Å². The van der Waals surface area contributed by atoms with Crippen LogP contribution in [0, 0.1) is 0 Å². The molecule has 2 N–H and O–H groups in total. The summed E-state index contributed by atoms with van der Waals surface area (Å²) in [5.41, 5.74) is 2.26. The molecule has 0 unspecified atom stereocenters. The Morgan fingerprint density at radius 2 is 2.03 bits per heavy atom. The number of methoxy groups -OCH3 is 1. The largest absolute Gasteiger partial charge is 0.504 e. The van der Waals surface area contributed by atoms with Gasteiger partial charge in [-0.05, 0) is 23.8 Å². The van der Waals surface area contributed by atoms with Crippen molar-refractivity contribution in [1.29, 1.82) is 0 Å². The Bertz CT molecular complexity index is 1070. The molecule has 2 aromatic carbocycles. The Morgan fingerprint density at radius 1 is 1.31 bits per heavy atom. The summed E-state index contributed by atoms with van der Waals surface area (Å²) in [6.45, 7) is 1.75. The van der Waals surface area contributed by atoms with E-state index in [9.17, 15) is 18.3 Å². The predicted molar refractivity (Wildman–Crippen MR) is 111 cm³/mol. The van der Waals surface area contributed by atoms with Crippen LogP contribution in [0.25, 0.3) is 0 Å². The number of anilines is 1. The van der Waals surface area contributed by atoms with Gasteiger partial charge < -0.3 is 9.84 Å². The van der Waals surface area contributed by atoms with E-state index in [4.69, 9.17) is 4.74 Å². The molecule has 154 valence electrons. The molecule has 0 spiro atoms. The van der Waals surface area contributed by atoms with Gasteiger partial charge in [0.05, 0.1) is 25.1 Å². The van der Waals surface area contributed by atoms with Crippen LogP contribution in [0.2, 0.25) is 0 Å². The third-order valence-corrected chi connectivity index (χ3v) is 5.18. The number of amides is 1. The van der Waals surface area contributed by atoms with E-state index in [1.807, 2.05) is 0 Å². The van der Waals surface area contributed by atoms with Crippen LogP contribution in [0.1, 0.15) is 36.9 Å². The highest BCUT2D eigenvalue weighted by Gasteiger charge is 2.34. The van der Waals surface area contributed by atoms with E-state index in [-0.39, 0.29) is 18.1 Å². The number of hydrazone groups is 1. The van der Waals surface area contributed by atoms with Gasteiger partial charge in [-0.25, -0.2) is 13.4 Å². The average Bonchev–Trinajstić information content (AvgIpc) is 3.11. The van der Waals surface area contributed by atoms with Gasteiger partial charge in [-0.1, -0.05) is 31.2 Å². The molecular formula is C20H23N3O5S. The number of hydrogen-bond acceptors (Lipinski definition) is 6. The smallest absolute Gasteiger partial charge is 0.242 e. The summed E-state index contributed by atoms with van der Waals surface area (Å²) >= 11 is 0. The number of carbonyl (C=O) groups excluding carboxylic acids is 1. The molecule has 1 amide bonds. The van der Waals surface area contributed by atoms with E-state index in [2.05, 4.69) is 9.82 Å². The highest BCUT2D eigenvalue weighted by atomic mass is 32.2. The molecule has 8 nitrogen and oxygen atoms in total. The molecule has 1 heterocycles. The zero-order valence-corrected chi connectivity index (χ0v) is 17.2. The maximum absolute atomic E-state index is 12.5. The normalized spacial score (nSPS) is 16.4. The number of phenols is 1. The van der Waals surface area contributed by atoms with Crippen LogP contribution in [0.15, 0.2) is 47.6 Å². The summed E-state index contributed by atoms with van der Waals surface area (Å²) < 4.78 is 30.7. The summed E-state index contributed by atoms with van der Waals surface area (Å²) in [6, 6.07) is 11.5. The van der Waals surface area contributed by atoms with Crippen LogP contribution in [-0.4, -0.2) is 43.5 Å². The number of ether oxygens (including phenoxy) is 1. The van der Waals surface area contributed by atoms with Crippen molar-refractivity contribution in [2.24, 2.45) is 5.10 Å². The Morgan fingerprint density at radius 3 is 2.69 bits per heavy atom. The fraction of sp³-hybridized carbons (Fsp3) is 0.300. The summed E-state index contributed by atoms with van der Waals surface area (Å²) in [6.07, 6.45) is 1.71. The molecule has 3 rings (SSSR count). The van der Waals surface area contributed by atoms with Crippen LogP contribution in [0.5, 0.6) is 11.5 Å². The van der Waals surface area contributed by atoms with Gasteiger partial charge in [-0.3, -0.25) is 9.52 Å². The zero-order valence-electron chi connectivity index (χ0n) is 16.4. The van der Waals surface area contributed by atoms with Crippen LogP contribution in [0.4, 0.5) is 5.69 Å². The van der Waals surface area contributed by atoms with Crippen LogP contribution in [-0.2, 0) is 14.8 Å². The first kappa shape index (κ1) is 20.7. The number of rotatable bonds is 6. The summed E-state index contributed by atoms with van der Waals surface area (Å²) in [4.78, 5) is 12.5. The highest BCUT2D eigenvalue weighted by molar-refractivity contribution is 7.92. The van der Waals surface area contributed by atoms with Gasteiger partial charge in [0.15, 0.2) is 11.5 Å². The molecule has 0 bridgehead atoms. The van der Waals surface area contributed by atoms with Crippen molar-refractivity contribution in [3.8, 4) is 11.5 Å². The lowest BCUT2D eigenvalue weighted by Gasteiger charge is -2.22. The number of benzene rings is 2. The minimum Gasteiger partial charge on any atom is -0.504 e. The van der Waals surface area contributed by atoms with Gasteiger partial charge in [0.1, 0.15) is 0 Å². The van der Waals surface area contributed by atoms with Gasteiger partial charge in [0.25, 0.3) is 0 Å². The first-order valence-electron chi connectivity index (χ1n) is 9.07. The molecule has 29 heavy (non-hydrogen) atoms. The fourth-order valence-corrected chi connectivity index (χ4v) is 3.82. The minimum absolute atomic E-state index is 0.0298. The van der Waals surface area contributed by atoms with Gasteiger partial charge in [-0.2, -0.15) is 5.10 Å². The molecule has 0 aliphatic carbocycles. The number of sulfonamides is 1. The van der Waals surface area contributed by atoms with Crippen molar-refractivity contribution in [2.75, 3.05) is 18.1 Å². The zero-order chi connectivity index (χ0) is 21.2. The van der Waals surface area contributed by atoms with Gasteiger partial charge in [0, 0.05) is 24.1 Å². The Labute approximate surface area is 169 Å². The number of nitrogens with one attached hydrogen (secondary N) is 1. The third-order valence-electron chi connectivity index (χ3n) is 4.58. The van der Waals surface area contributed by atoms with E-state index in [1.54, 1.807) is 49.4 Å². The third kappa shape index (κ3) is 4.51. The van der Waals surface area contributed by atoms with Crippen LogP contribution < -0.4 is 9.46 Å². The SMILES string of the molecule is CCC(=O)N1N=C(c2cccc(NS(C)(=O)=O)c2)C[C@H]1c1cccc(OC)c1O. The van der Waals surface area contributed by atoms with Gasteiger partial charge >= 0.3 is 0 Å². The van der Waals surface area contributed by atoms with Crippen molar-refractivity contribution >= 4 is 27.3 Å². The van der Waals surface area contributed by atoms with Crippen molar-refractivity contribution in [1.82, 2.24) is 5.01 Å². The summed E-state index contributed by atoms with van der Waals surface area (Å²) in [5, 5.41) is 16.4. The fourth-order valence-electron chi connectivity index (χ4n) is 3.27. The lowest BCUT2D eigenvalue weighted by atomic mass is 9.97. The minimum atomic E-state index is -3.41. The second kappa shape index (κ2) is 8.12. The molecule has 0 aromatic heterocycles. The van der Waals surface area contributed by atoms with Gasteiger partial charge in [0.2, 0.25) is 15.9 Å². The second-order valence-electron chi connectivity index (χ2n) is 6.71. The van der Waals surface area contributed by atoms with E-state index >= 15 is 0 Å². The lowest BCUT2D eigenvalue weighted by Crippen LogP contribution is -2.26. The molecule has 9 heteroatoms. The van der Waals surface area contributed by atoms with Crippen molar-refractivity contribution < 1.29 is 23.1 Å². The van der Waals surface area contributed by atoms with E-state index in [0.29, 0.717) is 34.7 Å². The molecule has 1 atom stereocenters. The molecule has 2 aromatic rings. The summed E-state index contributed by atoms with van der Waals surface area (Å²) in [7, 11) is -1.95. The number of aromatic hydroxyl groups is 1. The Hall–Kier alpha value is -3.07. The predicted octanol–water partition coefficient (Wildman–Crippen LogP) is 2.86. The molecule has 0 saturated heterocycles. The van der Waals surface area contributed by atoms with E-state index in [1.165, 1.54) is 12.1 Å². The average molecular weight is 417 g/mol. The quantitative estimate of drug-likeness (QED) is 0.751. The molecule has 0 saturated carbocycles. The molecular weight excluding hydrogens is 394 g/mol. The standard InChI is InChI=1S/C20H23N3O5S/c1-4-19(24)23-17(15-9-6-10-18(28-2)20(15)25)12-16(21-23)13-7-5-8-14(11-13)22-29(3,26)27/h5-11,17,22,25H,4,12H2,1-3H3/t17-/m0/s1. The molecule has 0 fully saturated rings.